The van der Waals surface area contributed by atoms with Crippen molar-refractivity contribution < 1.29 is 22.8 Å². The van der Waals surface area contributed by atoms with Gasteiger partial charge in [0.1, 0.15) is 5.82 Å². The molecule has 1 aromatic carbocycles. The van der Waals surface area contributed by atoms with E-state index in [1.165, 1.54) is 0 Å². The van der Waals surface area contributed by atoms with E-state index in [1.807, 2.05) is 0 Å². The molecule has 0 heterocycles. The molecule has 0 unspecified atom stereocenters. The van der Waals surface area contributed by atoms with Gasteiger partial charge in [-0.05, 0) is 25.0 Å². The van der Waals surface area contributed by atoms with E-state index >= 15 is 0 Å². The van der Waals surface area contributed by atoms with Crippen molar-refractivity contribution in [1.82, 2.24) is 4.72 Å². The molecule has 1 aliphatic carbocycles. The zero-order valence-electron chi connectivity index (χ0n) is 11.0. The lowest BCUT2D eigenvalue weighted by atomic mass is 9.93. The molecular weight excluding hydrogens is 303 g/mol. The Balaban J connectivity index is 2.33. The average molecular weight is 318 g/mol. The molecule has 2 rings (SSSR count). The lowest BCUT2D eigenvalue weighted by Crippen LogP contribution is -2.45. The topological polar surface area (TPSA) is 110 Å². The van der Waals surface area contributed by atoms with Crippen molar-refractivity contribution in [2.45, 2.75) is 42.7 Å². The van der Waals surface area contributed by atoms with Crippen LogP contribution >= 0.6 is 0 Å². The average Bonchev–Trinajstić information content (AvgIpc) is 2.40. The molecule has 116 valence electrons. The molecule has 1 fully saturated rings. The van der Waals surface area contributed by atoms with Gasteiger partial charge >= 0.3 is 0 Å². The summed E-state index contributed by atoms with van der Waals surface area (Å²) in [5.74, 6) is -0.890. The predicted octanol–water partition coefficient (Wildman–Crippen LogP) is 1.32. The molecule has 1 aromatic rings. The number of sulfonamides is 1. The molecule has 1 aliphatic rings. The molecule has 7 nitrogen and oxygen atoms in total. The minimum atomic E-state index is -4.20. The summed E-state index contributed by atoms with van der Waals surface area (Å²) in [7, 11) is -4.20. The second kappa shape index (κ2) is 6.04. The van der Waals surface area contributed by atoms with Crippen molar-refractivity contribution >= 4 is 15.7 Å². The van der Waals surface area contributed by atoms with Gasteiger partial charge < -0.3 is 5.11 Å². The highest BCUT2D eigenvalue weighted by molar-refractivity contribution is 7.89. The molecule has 21 heavy (non-hydrogen) atoms. The summed E-state index contributed by atoms with van der Waals surface area (Å²) in [5.41, 5.74) is -0.826. The smallest absolute Gasteiger partial charge is 0.292 e. The van der Waals surface area contributed by atoms with Gasteiger partial charge in [-0.25, -0.2) is 17.5 Å². The number of hydrogen-bond donors (Lipinski definition) is 2. The summed E-state index contributed by atoms with van der Waals surface area (Å²) >= 11 is 0. The first kappa shape index (κ1) is 15.8. The third-order valence-corrected chi connectivity index (χ3v) is 4.98. The highest BCUT2D eigenvalue weighted by Gasteiger charge is 2.32. The van der Waals surface area contributed by atoms with Crippen molar-refractivity contribution in [1.29, 1.82) is 0 Å². The fourth-order valence-corrected chi connectivity index (χ4v) is 3.83. The number of nitrogens with zero attached hydrogens (tertiary/aromatic N) is 1. The maximum Gasteiger partial charge on any atom is 0.292 e. The highest BCUT2D eigenvalue weighted by Crippen LogP contribution is 2.26. The number of benzene rings is 1. The lowest BCUT2D eigenvalue weighted by molar-refractivity contribution is -0.388. The van der Waals surface area contributed by atoms with E-state index in [-0.39, 0.29) is 0 Å². The summed E-state index contributed by atoms with van der Waals surface area (Å²) in [4.78, 5) is 9.32. The molecule has 0 amide bonds. The number of halogens is 1. The second-order valence-corrected chi connectivity index (χ2v) is 6.63. The maximum atomic E-state index is 13.1. The first-order valence-electron chi connectivity index (χ1n) is 6.45. The van der Waals surface area contributed by atoms with E-state index in [4.69, 9.17) is 0 Å². The Bertz CT molecular complexity index is 649. The molecule has 2 N–H and O–H groups in total. The van der Waals surface area contributed by atoms with Crippen LogP contribution in [-0.2, 0) is 10.0 Å². The Labute approximate surface area is 121 Å². The van der Waals surface area contributed by atoms with Gasteiger partial charge in [0.15, 0.2) is 4.90 Å². The number of rotatable bonds is 4. The monoisotopic (exact) mass is 318 g/mol. The van der Waals surface area contributed by atoms with Crippen molar-refractivity contribution in [2.24, 2.45) is 0 Å². The van der Waals surface area contributed by atoms with Gasteiger partial charge in [-0.3, -0.25) is 10.1 Å². The molecule has 0 aromatic heterocycles. The van der Waals surface area contributed by atoms with Crippen LogP contribution in [0, 0.1) is 15.9 Å². The van der Waals surface area contributed by atoms with Crippen LogP contribution in [-0.4, -0.2) is 30.6 Å². The predicted molar refractivity (Wildman–Crippen MR) is 71.6 cm³/mol. The molecule has 0 saturated heterocycles. The van der Waals surface area contributed by atoms with E-state index in [0.717, 1.165) is 25.0 Å². The summed E-state index contributed by atoms with van der Waals surface area (Å²) < 4.78 is 39.8. The Morgan fingerprint density at radius 1 is 1.33 bits per heavy atom. The van der Waals surface area contributed by atoms with Crippen molar-refractivity contribution in [3.05, 3.63) is 34.1 Å². The van der Waals surface area contributed by atoms with E-state index in [9.17, 15) is 28.0 Å². The van der Waals surface area contributed by atoms with Crippen LogP contribution in [0.1, 0.15) is 25.7 Å². The number of nitro groups is 1. The van der Waals surface area contributed by atoms with Crippen LogP contribution in [0.15, 0.2) is 23.1 Å². The molecule has 0 radical (unpaired) electrons. The Morgan fingerprint density at radius 2 is 2.00 bits per heavy atom. The van der Waals surface area contributed by atoms with Crippen LogP contribution in [0.3, 0.4) is 0 Å². The largest absolute Gasteiger partial charge is 0.391 e. The molecule has 0 aliphatic heterocycles. The third-order valence-electron chi connectivity index (χ3n) is 3.44. The molecule has 2 atom stereocenters. The zero-order chi connectivity index (χ0) is 15.6. The van der Waals surface area contributed by atoms with E-state index in [1.54, 1.807) is 0 Å². The van der Waals surface area contributed by atoms with Crippen molar-refractivity contribution in [3.63, 3.8) is 0 Å². The van der Waals surface area contributed by atoms with E-state index < -0.39 is 43.5 Å². The van der Waals surface area contributed by atoms with Gasteiger partial charge in [0, 0.05) is 6.04 Å². The fraction of sp³-hybridized carbons (Fsp3) is 0.500. The molecule has 0 spiro atoms. The van der Waals surface area contributed by atoms with Gasteiger partial charge in [-0.2, -0.15) is 0 Å². The second-order valence-electron chi connectivity index (χ2n) is 4.95. The molecular formula is C12H15FN2O5S. The van der Waals surface area contributed by atoms with Crippen LogP contribution in [0.25, 0.3) is 0 Å². The van der Waals surface area contributed by atoms with Gasteiger partial charge in [0.2, 0.25) is 10.0 Å². The SMILES string of the molecule is O=[N+]([O-])c1cc(F)ccc1S(=O)(=O)N[C@H]1CCCC[C@@H]1O. The number of nitro benzene ring substituents is 1. The first-order chi connectivity index (χ1) is 9.81. The highest BCUT2D eigenvalue weighted by atomic mass is 32.2. The summed E-state index contributed by atoms with van der Waals surface area (Å²) in [5, 5.41) is 20.7. The maximum absolute atomic E-state index is 13.1. The summed E-state index contributed by atoms with van der Waals surface area (Å²) in [6.07, 6.45) is 1.66. The molecule has 0 bridgehead atoms. The van der Waals surface area contributed by atoms with Crippen LogP contribution in [0.4, 0.5) is 10.1 Å². The number of aliphatic hydroxyl groups is 1. The number of aliphatic hydroxyl groups excluding tert-OH is 1. The molecule has 9 heteroatoms. The Hall–Kier alpha value is -1.58. The Morgan fingerprint density at radius 3 is 2.62 bits per heavy atom. The third kappa shape index (κ3) is 3.55. The van der Waals surface area contributed by atoms with Gasteiger partial charge in [0.25, 0.3) is 5.69 Å². The lowest BCUT2D eigenvalue weighted by Gasteiger charge is -2.27. The zero-order valence-corrected chi connectivity index (χ0v) is 11.8. The number of hydrogen-bond acceptors (Lipinski definition) is 5. The first-order valence-corrected chi connectivity index (χ1v) is 7.94. The fourth-order valence-electron chi connectivity index (χ4n) is 2.37. The van der Waals surface area contributed by atoms with Gasteiger partial charge in [-0.15, -0.1) is 0 Å². The quantitative estimate of drug-likeness (QED) is 0.642. The van der Waals surface area contributed by atoms with Crippen molar-refractivity contribution in [3.8, 4) is 0 Å². The standard InChI is InChI=1S/C12H15FN2O5S/c13-8-5-6-12(10(7-8)15(17)18)21(19,20)14-9-3-1-2-4-11(9)16/h5-7,9,11,14,16H,1-4H2/t9-,11-/m0/s1. The Kier molecular flexibility index (Phi) is 4.55. The van der Waals surface area contributed by atoms with Gasteiger partial charge in [-0.1, -0.05) is 12.8 Å². The number of nitrogens with one attached hydrogen (secondary N) is 1. The van der Waals surface area contributed by atoms with Crippen LogP contribution in [0.5, 0.6) is 0 Å². The van der Waals surface area contributed by atoms with E-state index in [2.05, 4.69) is 4.72 Å². The normalized spacial score (nSPS) is 23.0. The van der Waals surface area contributed by atoms with Gasteiger partial charge in [0.05, 0.1) is 17.1 Å². The van der Waals surface area contributed by atoms with Crippen LogP contribution < -0.4 is 4.72 Å². The molecule has 1 saturated carbocycles. The van der Waals surface area contributed by atoms with E-state index in [0.29, 0.717) is 18.9 Å². The minimum absolute atomic E-state index is 0.454. The summed E-state index contributed by atoms with van der Waals surface area (Å²) in [6, 6.07) is 1.57. The van der Waals surface area contributed by atoms with Crippen molar-refractivity contribution in [2.75, 3.05) is 0 Å². The summed E-state index contributed by atoms with van der Waals surface area (Å²) in [6.45, 7) is 0. The minimum Gasteiger partial charge on any atom is -0.391 e. The van der Waals surface area contributed by atoms with Crippen LogP contribution in [0.2, 0.25) is 0 Å².